The third-order valence-electron chi connectivity index (χ3n) is 3.47. The standard InChI is InChI=1S/C17H30N2O/c1-14(2)12-19(11-10-18(4)5)13-17(20)16-9-7-6-8-15(16)3/h6-9,14,17,20H,10-13H2,1-5H3. The second-order valence-electron chi connectivity index (χ2n) is 6.33. The minimum absolute atomic E-state index is 0.405. The summed E-state index contributed by atoms with van der Waals surface area (Å²) in [4.78, 5) is 4.55. The van der Waals surface area contributed by atoms with Gasteiger partial charge in [0, 0.05) is 26.2 Å². The highest BCUT2D eigenvalue weighted by Crippen LogP contribution is 2.18. The predicted octanol–water partition coefficient (Wildman–Crippen LogP) is 2.55. The Morgan fingerprint density at radius 2 is 1.70 bits per heavy atom. The molecule has 1 aromatic carbocycles. The summed E-state index contributed by atoms with van der Waals surface area (Å²) in [5.41, 5.74) is 2.21. The first-order valence-electron chi connectivity index (χ1n) is 7.50. The molecule has 0 amide bonds. The fourth-order valence-electron chi connectivity index (χ4n) is 2.42. The van der Waals surface area contributed by atoms with E-state index in [0.29, 0.717) is 12.5 Å². The molecule has 0 aliphatic rings. The molecule has 0 bridgehead atoms. The average molecular weight is 278 g/mol. The Morgan fingerprint density at radius 1 is 1.05 bits per heavy atom. The molecule has 20 heavy (non-hydrogen) atoms. The molecule has 1 rings (SSSR count). The van der Waals surface area contributed by atoms with Crippen LogP contribution in [0.15, 0.2) is 24.3 Å². The Balaban J connectivity index is 2.65. The van der Waals surface area contributed by atoms with Crippen molar-refractivity contribution in [2.75, 3.05) is 40.3 Å². The lowest BCUT2D eigenvalue weighted by Crippen LogP contribution is -2.37. The molecule has 0 heterocycles. The first kappa shape index (κ1) is 17.2. The van der Waals surface area contributed by atoms with Crippen LogP contribution in [-0.2, 0) is 0 Å². The molecule has 0 saturated heterocycles. The summed E-state index contributed by atoms with van der Waals surface area (Å²) in [5, 5.41) is 10.5. The van der Waals surface area contributed by atoms with Crippen LogP contribution in [0.4, 0.5) is 0 Å². The molecule has 0 radical (unpaired) electrons. The normalized spacial score (nSPS) is 13.4. The van der Waals surface area contributed by atoms with Crippen LogP contribution in [0.5, 0.6) is 0 Å². The van der Waals surface area contributed by atoms with Crippen molar-refractivity contribution >= 4 is 0 Å². The zero-order valence-electron chi connectivity index (χ0n) is 13.6. The van der Waals surface area contributed by atoms with Gasteiger partial charge in [-0.05, 0) is 38.1 Å². The lowest BCUT2D eigenvalue weighted by atomic mass is 10.0. The monoisotopic (exact) mass is 278 g/mol. The van der Waals surface area contributed by atoms with Gasteiger partial charge in [0.05, 0.1) is 6.10 Å². The van der Waals surface area contributed by atoms with Crippen molar-refractivity contribution in [3.63, 3.8) is 0 Å². The summed E-state index contributed by atoms with van der Waals surface area (Å²) >= 11 is 0. The van der Waals surface area contributed by atoms with Gasteiger partial charge in [-0.15, -0.1) is 0 Å². The lowest BCUT2D eigenvalue weighted by molar-refractivity contribution is 0.101. The van der Waals surface area contributed by atoms with E-state index in [9.17, 15) is 5.11 Å². The molecular weight excluding hydrogens is 248 g/mol. The van der Waals surface area contributed by atoms with Crippen molar-refractivity contribution < 1.29 is 5.11 Å². The topological polar surface area (TPSA) is 26.7 Å². The van der Waals surface area contributed by atoms with Crippen LogP contribution < -0.4 is 0 Å². The maximum atomic E-state index is 10.5. The van der Waals surface area contributed by atoms with E-state index < -0.39 is 6.10 Å². The molecule has 0 spiro atoms. The highest BCUT2D eigenvalue weighted by Gasteiger charge is 2.16. The maximum absolute atomic E-state index is 10.5. The zero-order chi connectivity index (χ0) is 15.1. The SMILES string of the molecule is Cc1ccccc1C(O)CN(CCN(C)C)CC(C)C. The lowest BCUT2D eigenvalue weighted by Gasteiger charge is -2.28. The van der Waals surface area contributed by atoms with Crippen molar-refractivity contribution in [3.8, 4) is 0 Å². The van der Waals surface area contributed by atoms with Crippen molar-refractivity contribution in [2.45, 2.75) is 26.9 Å². The third kappa shape index (κ3) is 6.04. The summed E-state index contributed by atoms with van der Waals surface area (Å²) in [7, 11) is 4.18. The Hall–Kier alpha value is -0.900. The van der Waals surface area contributed by atoms with E-state index in [1.807, 2.05) is 18.2 Å². The van der Waals surface area contributed by atoms with Crippen LogP contribution in [0.25, 0.3) is 0 Å². The van der Waals surface area contributed by atoms with Crippen LogP contribution in [0.3, 0.4) is 0 Å². The Morgan fingerprint density at radius 3 is 2.25 bits per heavy atom. The summed E-state index contributed by atoms with van der Waals surface area (Å²) in [6, 6.07) is 8.10. The van der Waals surface area contributed by atoms with Gasteiger partial charge in [-0.2, -0.15) is 0 Å². The number of hydrogen-bond acceptors (Lipinski definition) is 3. The number of aliphatic hydroxyl groups excluding tert-OH is 1. The molecule has 0 fully saturated rings. The largest absolute Gasteiger partial charge is 0.387 e. The highest BCUT2D eigenvalue weighted by atomic mass is 16.3. The zero-order valence-corrected chi connectivity index (χ0v) is 13.6. The highest BCUT2D eigenvalue weighted by molar-refractivity contribution is 5.27. The van der Waals surface area contributed by atoms with Gasteiger partial charge in [0.25, 0.3) is 0 Å². The minimum Gasteiger partial charge on any atom is -0.387 e. The van der Waals surface area contributed by atoms with E-state index >= 15 is 0 Å². The van der Waals surface area contributed by atoms with Gasteiger partial charge in [0.1, 0.15) is 0 Å². The Bertz CT molecular complexity index is 390. The predicted molar refractivity (Wildman–Crippen MR) is 86.0 cm³/mol. The fourth-order valence-corrected chi connectivity index (χ4v) is 2.42. The smallest absolute Gasteiger partial charge is 0.0919 e. The van der Waals surface area contributed by atoms with Crippen LogP contribution in [0.2, 0.25) is 0 Å². The van der Waals surface area contributed by atoms with E-state index in [0.717, 1.165) is 30.8 Å². The maximum Gasteiger partial charge on any atom is 0.0919 e. The number of rotatable bonds is 8. The van der Waals surface area contributed by atoms with E-state index in [1.165, 1.54) is 0 Å². The number of hydrogen-bond donors (Lipinski definition) is 1. The number of likely N-dealkylation sites (N-methyl/N-ethyl adjacent to an activating group) is 1. The molecule has 1 atom stereocenters. The Kier molecular flexibility index (Phi) is 7.20. The molecular formula is C17H30N2O. The molecule has 114 valence electrons. The molecule has 1 aromatic rings. The number of aryl methyl sites for hydroxylation is 1. The molecule has 1 unspecified atom stereocenters. The van der Waals surface area contributed by atoms with Gasteiger partial charge < -0.3 is 10.0 Å². The summed E-state index contributed by atoms with van der Waals surface area (Å²) in [6.45, 7) is 10.3. The summed E-state index contributed by atoms with van der Waals surface area (Å²) in [6.07, 6.45) is -0.405. The van der Waals surface area contributed by atoms with E-state index in [4.69, 9.17) is 0 Å². The molecule has 0 aliphatic heterocycles. The molecule has 1 N–H and O–H groups in total. The van der Waals surface area contributed by atoms with Gasteiger partial charge >= 0.3 is 0 Å². The quantitative estimate of drug-likeness (QED) is 0.791. The van der Waals surface area contributed by atoms with E-state index in [2.05, 4.69) is 50.7 Å². The van der Waals surface area contributed by atoms with Crippen LogP contribution in [0.1, 0.15) is 31.1 Å². The summed E-state index contributed by atoms with van der Waals surface area (Å²) < 4.78 is 0. The minimum atomic E-state index is -0.405. The van der Waals surface area contributed by atoms with Gasteiger partial charge in [-0.3, -0.25) is 4.90 Å². The second-order valence-corrected chi connectivity index (χ2v) is 6.33. The Labute approximate surface area is 124 Å². The van der Waals surface area contributed by atoms with Crippen LogP contribution in [0, 0.1) is 12.8 Å². The number of nitrogens with zero attached hydrogens (tertiary/aromatic N) is 2. The van der Waals surface area contributed by atoms with Gasteiger partial charge in [0.2, 0.25) is 0 Å². The van der Waals surface area contributed by atoms with Crippen molar-refractivity contribution in [1.82, 2.24) is 9.80 Å². The van der Waals surface area contributed by atoms with Crippen LogP contribution >= 0.6 is 0 Å². The first-order chi connectivity index (χ1) is 9.40. The molecule has 0 saturated carbocycles. The molecule has 0 aromatic heterocycles. The third-order valence-corrected chi connectivity index (χ3v) is 3.47. The second kappa shape index (κ2) is 8.40. The fraction of sp³-hybridized carbons (Fsp3) is 0.647. The first-order valence-corrected chi connectivity index (χ1v) is 7.50. The van der Waals surface area contributed by atoms with E-state index in [1.54, 1.807) is 0 Å². The van der Waals surface area contributed by atoms with Gasteiger partial charge in [-0.25, -0.2) is 0 Å². The number of aliphatic hydroxyl groups is 1. The van der Waals surface area contributed by atoms with Gasteiger partial charge in [0.15, 0.2) is 0 Å². The van der Waals surface area contributed by atoms with Crippen molar-refractivity contribution in [3.05, 3.63) is 35.4 Å². The van der Waals surface area contributed by atoms with Gasteiger partial charge in [-0.1, -0.05) is 38.1 Å². The summed E-state index contributed by atoms with van der Waals surface area (Å²) in [5.74, 6) is 0.612. The molecule has 3 heteroatoms. The average Bonchev–Trinajstić information content (AvgIpc) is 2.35. The van der Waals surface area contributed by atoms with Crippen LogP contribution in [-0.4, -0.2) is 55.2 Å². The molecule has 3 nitrogen and oxygen atoms in total. The van der Waals surface area contributed by atoms with Crippen molar-refractivity contribution in [2.24, 2.45) is 5.92 Å². The van der Waals surface area contributed by atoms with Crippen molar-refractivity contribution in [1.29, 1.82) is 0 Å². The number of benzene rings is 1. The molecule has 0 aliphatic carbocycles. The van der Waals surface area contributed by atoms with E-state index in [-0.39, 0.29) is 0 Å².